The van der Waals surface area contributed by atoms with Crippen LogP contribution in [-0.2, 0) is 14.8 Å². The zero-order valence-corrected chi connectivity index (χ0v) is 14.0. The first kappa shape index (κ1) is 17.8. The topological polar surface area (TPSA) is 66.5 Å². The highest BCUT2D eigenvalue weighted by molar-refractivity contribution is 7.89. The molecule has 0 heterocycles. The third kappa shape index (κ3) is 4.27. The summed E-state index contributed by atoms with van der Waals surface area (Å²) in [5.74, 6) is -0.860. The van der Waals surface area contributed by atoms with Gasteiger partial charge in [0.05, 0.1) is 4.90 Å². The molecular formula is C17H17FN2O3S. The molecule has 126 valence electrons. The van der Waals surface area contributed by atoms with Crippen molar-refractivity contribution in [3.8, 4) is 0 Å². The number of hydrogen-bond donors (Lipinski definition) is 1. The number of hydrogen-bond acceptors (Lipinski definition) is 3. The third-order valence-electron chi connectivity index (χ3n) is 3.22. The van der Waals surface area contributed by atoms with Gasteiger partial charge in [-0.05, 0) is 36.4 Å². The lowest BCUT2D eigenvalue weighted by atomic mass is 10.2. The van der Waals surface area contributed by atoms with Crippen molar-refractivity contribution < 1.29 is 17.6 Å². The summed E-state index contributed by atoms with van der Waals surface area (Å²) in [7, 11) is -0.622. The minimum atomic E-state index is -3.51. The molecule has 0 unspecified atom stereocenters. The number of nitrogens with one attached hydrogen (secondary N) is 1. The molecule has 1 N–H and O–H groups in total. The van der Waals surface area contributed by atoms with Gasteiger partial charge in [0.25, 0.3) is 0 Å². The fraction of sp³-hybridized carbons (Fsp3) is 0.118. The number of carbonyl (C=O) groups is 1. The molecule has 0 aliphatic carbocycles. The molecule has 0 saturated carbocycles. The monoisotopic (exact) mass is 348 g/mol. The smallest absolute Gasteiger partial charge is 0.248 e. The molecule has 2 rings (SSSR count). The standard InChI is InChI=1S/C17H17FN2O3S/c1-20(2)24(22,23)15-10-8-14(9-11-15)19-17(21)12-7-13-5-3-4-6-16(13)18/h3-12H,1-2H3,(H,19,21)/b12-7+. The summed E-state index contributed by atoms with van der Waals surface area (Å²) >= 11 is 0. The van der Waals surface area contributed by atoms with E-state index in [1.165, 1.54) is 56.6 Å². The van der Waals surface area contributed by atoms with E-state index in [4.69, 9.17) is 0 Å². The van der Waals surface area contributed by atoms with Crippen LogP contribution in [0.15, 0.2) is 59.5 Å². The zero-order valence-electron chi connectivity index (χ0n) is 13.2. The second-order valence-corrected chi connectivity index (χ2v) is 7.31. The summed E-state index contributed by atoms with van der Waals surface area (Å²) in [5, 5.41) is 2.58. The van der Waals surface area contributed by atoms with E-state index in [0.29, 0.717) is 11.3 Å². The lowest BCUT2D eigenvalue weighted by Crippen LogP contribution is -2.22. The number of anilines is 1. The van der Waals surface area contributed by atoms with Crippen molar-refractivity contribution in [3.63, 3.8) is 0 Å². The third-order valence-corrected chi connectivity index (χ3v) is 5.05. The summed E-state index contributed by atoms with van der Waals surface area (Å²) in [5.41, 5.74) is 0.746. The lowest BCUT2D eigenvalue weighted by Gasteiger charge is -2.11. The van der Waals surface area contributed by atoms with Crippen molar-refractivity contribution in [2.45, 2.75) is 4.90 Å². The average Bonchev–Trinajstić information content (AvgIpc) is 2.54. The van der Waals surface area contributed by atoms with Crippen molar-refractivity contribution >= 4 is 27.7 Å². The molecule has 0 atom stereocenters. The van der Waals surface area contributed by atoms with Gasteiger partial charge in [0.2, 0.25) is 15.9 Å². The van der Waals surface area contributed by atoms with Crippen LogP contribution in [0.5, 0.6) is 0 Å². The Balaban J connectivity index is 2.06. The first-order valence-electron chi connectivity index (χ1n) is 7.07. The van der Waals surface area contributed by atoms with E-state index in [1.807, 2.05) is 0 Å². The molecule has 1 amide bonds. The maximum absolute atomic E-state index is 13.4. The van der Waals surface area contributed by atoms with Crippen molar-refractivity contribution in [1.29, 1.82) is 0 Å². The highest BCUT2D eigenvalue weighted by atomic mass is 32.2. The van der Waals surface area contributed by atoms with Gasteiger partial charge in [-0.3, -0.25) is 4.79 Å². The van der Waals surface area contributed by atoms with E-state index >= 15 is 0 Å². The van der Waals surface area contributed by atoms with E-state index in [0.717, 1.165) is 4.31 Å². The van der Waals surface area contributed by atoms with E-state index in [-0.39, 0.29) is 4.90 Å². The zero-order chi connectivity index (χ0) is 17.7. The van der Waals surface area contributed by atoms with Crippen LogP contribution < -0.4 is 5.32 Å². The quantitative estimate of drug-likeness (QED) is 0.845. The number of benzene rings is 2. The number of carbonyl (C=O) groups excluding carboxylic acids is 1. The summed E-state index contributed by atoms with van der Waals surface area (Å²) in [6.45, 7) is 0. The number of amides is 1. The van der Waals surface area contributed by atoms with Gasteiger partial charge in [-0.25, -0.2) is 17.1 Å². The predicted molar refractivity (Wildman–Crippen MR) is 91.4 cm³/mol. The Morgan fingerprint density at radius 2 is 1.71 bits per heavy atom. The van der Waals surface area contributed by atoms with Gasteiger partial charge in [-0.2, -0.15) is 0 Å². The molecule has 0 saturated heterocycles. The first-order chi connectivity index (χ1) is 11.3. The first-order valence-corrected chi connectivity index (χ1v) is 8.51. The van der Waals surface area contributed by atoms with E-state index in [9.17, 15) is 17.6 Å². The van der Waals surface area contributed by atoms with Crippen LogP contribution in [0.4, 0.5) is 10.1 Å². The molecule has 2 aromatic rings. The Morgan fingerprint density at radius 3 is 2.29 bits per heavy atom. The summed E-state index contributed by atoms with van der Waals surface area (Å²) < 4.78 is 38.5. The average molecular weight is 348 g/mol. The molecule has 2 aromatic carbocycles. The molecule has 0 aliphatic heterocycles. The highest BCUT2D eigenvalue weighted by Crippen LogP contribution is 2.16. The van der Waals surface area contributed by atoms with E-state index < -0.39 is 21.7 Å². The fourth-order valence-electron chi connectivity index (χ4n) is 1.88. The van der Waals surface area contributed by atoms with Crippen molar-refractivity contribution in [1.82, 2.24) is 4.31 Å². The summed E-state index contributed by atoms with van der Waals surface area (Å²) in [6.07, 6.45) is 2.58. The number of sulfonamides is 1. The molecule has 24 heavy (non-hydrogen) atoms. The minimum absolute atomic E-state index is 0.132. The Hall–Kier alpha value is -2.51. The molecule has 0 bridgehead atoms. The molecule has 0 fully saturated rings. The van der Waals surface area contributed by atoms with Crippen LogP contribution in [0.25, 0.3) is 6.08 Å². The molecule has 0 aromatic heterocycles. The van der Waals surface area contributed by atoms with Gasteiger partial charge in [0, 0.05) is 31.4 Å². The van der Waals surface area contributed by atoms with E-state index in [2.05, 4.69) is 5.32 Å². The van der Waals surface area contributed by atoms with Gasteiger partial charge in [-0.15, -0.1) is 0 Å². The predicted octanol–water partition coefficient (Wildman–Crippen LogP) is 2.73. The van der Waals surface area contributed by atoms with Crippen molar-refractivity contribution in [2.24, 2.45) is 0 Å². The minimum Gasteiger partial charge on any atom is -0.323 e. The molecule has 0 spiro atoms. The Bertz CT molecular complexity index is 860. The molecule has 7 heteroatoms. The van der Waals surface area contributed by atoms with E-state index in [1.54, 1.807) is 18.2 Å². The van der Waals surface area contributed by atoms with Gasteiger partial charge < -0.3 is 5.32 Å². The fourth-order valence-corrected chi connectivity index (χ4v) is 2.78. The van der Waals surface area contributed by atoms with Crippen molar-refractivity contribution in [2.75, 3.05) is 19.4 Å². The number of halogens is 1. The highest BCUT2D eigenvalue weighted by Gasteiger charge is 2.16. The van der Waals surface area contributed by atoms with Crippen LogP contribution in [0.1, 0.15) is 5.56 Å². The number of rotatable bonds is 5. The van der Waals surface area contributed by atoms with Gasteiger partial charge in [-0.1, -0.05) is 18.2 Å². The van der Waals surface area contributed by atoms with Crippen LogP contribution in [0.3, 0.4) is 0 Å². The largest absolute Gasteiger partial charge is 0.323 e. The Labute approximate surface area is 140 Å². The lowest BCUT2D eigenvalue weighted by molar-refractivity contribution is -0.111. The molecular weight excluding hydrogens is 331 g/mol. The SMILES string of the molecule is CN(C)S(=O)(=O)c1ccc(NC(=O)/C=C/c2ccccc2F)cc1. The van der Waals surface area contributed by atoms with Gasteiger partial charge in [0.1, 0.15) is 5.82 Å². The molecule has 0 radical (unpaired) electrons. The van der Waals surface area contributed by atoms with Crippen LogP contribution >= 0.6 is 0 Å². The summed E-state index contributed by atoms with van der Waals surface area (Å²) in [6, 6.07) is 11.9. The van der Waals surface area contributed by atoms with Crippen LogP contribution in [0, 0.1) is 5.82 Å². The summed E-state index contributed by atoms with van der Waals surface area (Å²) in [4.78, 5) is 12.0. The van der Waals surface area contributed by atoms with Crippen LogP contribution in [0.2, 0.25) is 0 Å². The Morgan fingerprint density at radius 1 is 1.08 bits per heavy atom. The van der Waals surface area contributed by atoms with Gasteiger partial charge in [0.15, 0.2) is 0 Å². The second-order valence-electron chi connectivity index (χ2n) is 5.16. The van der Waals surface area contributed by atoms with Gasteiger partial charge >= 0.3 is 0 Å². The number of nitrogens with zero attached hydrogens (tertiary/aromatic N) is 1. The Kier molecular flexibility index (Phi) is 5.48. The second kappa shape index (κ2) is 7.37. The molecule has 0 aliphatic rings. The normalized spacial score (nSPS) is 11.8. The maximum Gasteiger partial charge on any atom is 0.248 e. The molecule has 5 nitrogen and oxygen atoms in total. The maximum atomic E-state index is 13.4. The van der Waals surface area contributed by atoms with Crippen molar-refractivity contribution in [3.05, 3.63) is 66.0 Å². The van der Waals surface area contributed by atoms with Crippen LogP contribution in [-0.4, -0.2) is 32.7 Å².